The van der Waals surface area contributed by atoms with Gasteiger partial charge in [-0.2, -0.15) is 0 Å². The summed E-state index contributed by atoms with van der Waals surface area (Å²) in [7, 11) is -3.18. The Hall–Kier alpha value is -1.56. The normalized spacial score (nSPS) is 16.7. The molecule has 1 saturated carbocycles. The molecule has 104 valence electrons. The number of hydrogen-bond acceptors (Lipinski definition) is 3. The fourth-order valence-corrected chi connectivity index (χ4v) is 2.37. The van der Waals surface area contributed by atoms with Crippen LogP contribution in [-0.2, 0) is 9.84 Å². The topological polar surface area (TPSA) is 75.3 Å². The van der Waals surface area contributed by atoms with Crippen LogP contribution in [0.1, 0.15) is 31.4 Å². The Morgan fingerprint density at radius 3 is 2.32 bits per heavy atom. The van der Waals surface area contributed by atoms with E-state index in [-0.39, 0.29) is 17.0 Å². The van der Waals surface area contributed by atoms with Crippen molar-refractivity contribution in [1.29, 1.82) is 0 Å². The predicted octanol–water partition coefficient (Wildman–Crippen LogP) is 1.61. The van der Waals surface area contributed by atoms with Crippen LogP contribution in [0.3, 0.4) is 0 Å². The summed E-state index contributed by atoms with van der Waals surface area (Å²) in [6.45, 7) is 1.86. The van der Waals surface area contributed by atoms with Gasteiger partial charge in [0.25, 0.3) is 0 Å². The second kappa shape index (κ2) is 5.21. The number of hydrogen-bond donors (Lipinski definition) is 2. The molecule has 1 fully saturated rings. The first-order chi connectivity index (χ1) is 8.86. The van der Waals surface area contributed by atoms with Gasteiger partial charge in [0.1, 0.15) is 0 Å². The summed E-state index contributed by atoms with van der Waals surface area (Å²) in [6.07, 6.45) is 3.27. The lowest BCUT2D eigenvalue weighted by Gasteiger charge is -2.15. The smallest absolute Gasteiger partial charge is 0.315 e. The van der Waals surface area contributed by atoms with E-state index in [2.05, 4.69) is 10.6 Å². The maximum atomic E-state index is 11.6. The maximum absolute atomic E-state index is 11.6. The van der Waals surface area contributed by atoms with E-state index in [0.29, 0.717) is 6.04 Å². The molecule has 1 aliphatic rings. The molecular weight excluding hydrogens is 264 g/mol. The summed E-state index contributed by atoms with van der Waals surface area (Å²) in [5, 5.41) is 5.67. The van der Waals surface area contributed by atoms with Crippen molar-refractivity contribution in [3.63, 3.8) is 0 Å². The van der Waals surface area contributed by atoms with E-state index in [1.807, 2.05) is 6.92 Å². The van der Waals surface area contributed by atoms with Crippen molar-refractivity contribution in [2.24, 2.45) is 0 Å². The predicted molar refractivity (Wildman–Crippen MR) is 72.7 cm³/mol. The standard InChI is InChI=1S/C13H18N2O3S/c1-9(14-13(16)15-11-5-6-11)10-3-7-12(8-4-10)19(2,17)18/h3-4,7-9,11H,5-6H2,1-2H3,(H2,14,15,16)/t9-/m1/s1. The van der Waals surface area contributed by atoms with E-state index in [1.165, 1.54) is 6.26 Å². The zero-order valence-electron chi connectivity index (χ0n) is 11.0. The van der Waals surface area contributed by atoms with Gasteiger partial charge in [0, 0.05) is 12.3 Å². The van der Waals surface area contributed by atoms with E-state index in [0.717, 1.165) is 18.4 Å². The largest absolute Gasteiger partial charge is 0.335 e. The molecule has 0 heterocycles. The van der Waals surface area contributed by atoms with Gasteiger partial charge in [-0.15, -0.1) is 0 Å². The van der Waals surface area contributed by atoms with Crippen molar-refractivity contribution in [2.75, 3.05) is 6.26 Å². The zero-order valence-corrected chi connectivity index (χ0v) is 11.8. The first-order valence-electron chi connectivity index (χ1n) is 6.23. The molecule has 0 aliphatic heterocycles. The minimum atomic E-state index is -3.18. The molecule has 2 N–H and O–H groups in total. The molecule has 5 nitrogen and oxygen atoms in total. The molecule has 0 radical (unpaired) electrons. The monoisotopic (exact) mass is 282 g/mol. The molecule has 1 aromatic carbocycles. The number of nitrogens with one attached hydrogen (secondary N) is 2. The van der Waals surface area contributed by atoms with Crippen LogP contribution in [0.5, 0.6) is 0 Å². The third-order valence-corrected chi connectivity index (χ3v) is 4.20. The molecule has 0 bridgehead atoms. The fraction of sp³-hybridized carbons (Fsp3) is 0.462. The van der Waals surface area contributed by atoms with Crippen molar-refractivity contribution >= 4 is 15.9 Å². The van der Waals surface area contributed by atoms with Gasteiger partial charge in [0.15, 0.2) is 9.84 Å². The number of carbonyl (C=O) groups is 1. The lowest BCUT2D eigenvalue weighted by atomic mass is 10.1. The highest BCUT2D eigenvalue weighted by Gasteiger charge is 2.23. The molecular formula is C13H18N2O3S. The highest BCUT2D eigenvalue weighted by molar-refractivity contribution is 7.90. The number of urea groups is 1. The average molecular weight is 282 g/mol. The van der Waals surface area contributed by atoms with E-state index < -0.39 is 9.84 Å². The van der Waals surface area contributed by atoms with Crippen LogP contribution in [0.25, 0.3) is 0 Å². The minimum Gasteiger partial charge on any atom is -0.335 e. The van der Waals surface area contributed by atoms with E-state index in [1.54, 1.807) is 24.3 Å². The summed E-state index contributed by atoms with van der Waals surface area (Å²) in [5.74, 6) is 0. The number of sulfone groups is 1. The summed E-state index contributed by atoms with van der Waals surface area (Å²) < 4.78 is 22.7. The van der Waals surface area contributed by atoms with E-state index in [9.17, 15) is 13.2 Å². The minimum absolute atomic E-state index is 0.160. The fourth-order valence-electron chi connectivity index (χ4n) is 1.74. The van der Waals surface area contributed by atoms with Crippen LogP contribution in [0.4, 0.5) is 4.79 Å². The summed E-state index contributed by atoms with van der Waals surface area (Å²) in [6, 6.07) is 6.54. The average Bonchev–Trinajstić information content (AvgIpc) is 3.11. The summed E-state index contributed by atoms with van der Waals surface area (Å²) >= 11 is 0. The third kappa shape index (κ3) is 3.96. The van der Waals surface area contributed by atoms with Crippen LogP contribution in [0, 0.1) is 0 Å². The quantitative estimate of drug-likeness (QED) is 0.881. The molecule has 2 amide bonds. The molecule has 1 aromatic rings. The SMILES string of the molecule is C[C@@H](NC(=O)NC1CC1)c1ccc(S(C)(=O)=O)cc1. The zero-order chi connectivity index (χ0) is 14.0. The Bertz CT molecular complexity index is 562. The Morgan fingerprint density at radius 1 is 1.26 bits per heavy atom. The Labute approximate surface area is 113 Å². The molecule has 19 heavy (non-hydrogen) atoms. The van der Waals surface area contributed by atoms with Crippen molar-refractivity contribution in [3.05, 3.63) is 29.8 Å². The van der Waals surface area contributed by atoms with Gasteiger partial charge in [0.05, 0.1) is 10.9 Å². The number of amides is 2. The second-order valence-electron chi connectivity index (χ2n) is 4.95. The molecule has 0 unspecified atom stereocenters. The molecule has 1 atom stereocenters. The van der Waals surface area contributed by atoms with Crippen LogP contribution < -0.4 is 10.6 Å². The molecule has 0 aromatic heterocycles. The van der Waals surface area contributed by atoms with Gasteiger partial charge in [-0.05, 0) is 37.5 Å². The second-order valence-corrected chi connectivity index (χ2v) is 6.97. The molecule has 1 aliphatic carbocycles. The van der Waals surface area contributed by atoms with Gasteiger partial charge in [0.2, 0.25) is 0 Å². The van der Waals surface area contributed by atoms with Crippen LogP contribution in [0.15, 0.2) is 29.2 Å². The van der Waals surface area contributed by atoms with Crippen molar-refractivity contribution in [3.8, 4) is 0 Å². The van der Waals surface area contributed by atoms with Crippen molar-refractivity contribution < 1.29 is 13.2 Å². The van der Waals surface area contributed by atoms with Gasteiger partial charge < -0.3 is 10.6 Å². The highest BCUT2D eigenvalue weighted by atomic mass is 32.2. The van der Waals surface area contributed by atoms with Gasteiger partial charge >= 0.3 is 6.03 Å². The highest BCUT2D eigenvalue weighted by Crippen LogP contribution is 2.19. The van der Waals surface area contributed by atoms with Gasteiger partial charge in [-0.1, -0.05) is 12.1 Å². The van der Waals surface area contributed by atoms with E-state index >= 15 is 0 Å². The van der Waals surface area contributed by atoms with Crippen LogP contribution in [-0.4, -0.2) is 26.7 Å². The lowest BCUT2D eigenvalue weighted by Crippen LogP contribution is -2.38. The molecule has 0 saturated heterocycles. The molecule has 0 spiro atoms. The van der Waals surface area contributed by atoms with Gasteiger partial charge in [-0.25, -0.2) is 13.2 Å². The number of carbonyl (C=O) groups excluding carboxylic acids is 1. The number of rotatable bonds is 4. The van der Waals surface area contributed by atoms with Gasteiger partial charge in [-0.3, -0.25) is 0 Å². The Balaban J connectivity index is 1.98. The molecule has 6 heteroatoms. The maximum Gasteiger partial charge on any atom is 0.315 e. The van der Waals surface area contributed by atoms with Crippen LogP contribution >= 0.6 is 0 Å². The lowest BCUT2D eigenvalue weighted by molar-refractivity contribution is 0.237. The summed E-state index contributed by atoms with van der Waals surface area (Å²) in [5.41, 5.74) is 0.873. The third-order valence-electron chi connectivity index (χ3n) is 3.07. The summed E-state index contributed by atoms with van der Waals surface area (Å²) in [4.78, 5) is 11.9. The van der Waals surface area contributed by atoms with Crippen LogP contribution in [0.2, 0.25) is 0 Å². The Kier molecular flexibility index (Phi) is 3.80. The van der Waals surface area contributed by atoms with Crippen molar-refractivity contribution in [1.82, 2.24) is 10.6 Å². The van der Waals surface area contributed by atoms with E-state index in [4.69, 9.17) is 0 Å². The Morgan fingerprint density at radius 2 is 1.84 bits per heavy atom. The van der Waals surface area contributed by atoms with Crippen molar-refractivity contribution in [2.45, 2.75) is 36.7 Å². The first kappa shape index (κ1) is 13.9. The number of benzene rings is 1. The molecule has 2 rings (SSSR count). The first-order valence-corrected chi connectivity index (χ1v) is 8.12.